The smallest absolute Gasteiger partial charge is 0.270 e. The second kappa shape index (κ2) is 8.20. The summed E-state index contributed by atoms with van der Waals surface area (Å²) in [5.41, 5.74) is 0.544. The van der Waals surface area contributed by atoms with Crippen molar-refractivity contribution in [2.24, 2.45) is 0 Å². The monoisotopic (exact) mass is 446 g/mol. The molecule has 3 aromatic carbocycles. The van der Waals surface area contributed by atoms with E-state index in [-0.39, 0.29) is 11.3 Å². The lowest BCUT2D eigenvalue weighted by atomic mass is 10.2. The molecule has 3 rings (SSSR count). The number of benzene rings is 3. The predicted octanol–water partition coefficient (Wildman–Crippen LogP) is 6.06. The third kappa shape index (κ3) is 4.84. The van der Waals surface area contributed by atoms with Crippen LogP contribution in [0.2, 0.25) is 5.02 Å². The van der Waals surface area contributed by atoms with Crippen LogP contribution in [0.5, 0.6) is 11.5 Å². The Labute approximate surface area is 168 Å². The quantitative estimate of drug-likeness (QED) is 0.381. The zero-order valence-corrected chi connectivity index (χ0v) is 16.0. The Bertz CT molecular complexity index is 992. The van der Waals surface area contributed by atoms with Gasteiger partial charge in [-0.2, -0.15) is 0 Å². The Morgan fingerprint density at radius 1 is 1.00 bits per heavy atom. The third-order valence-corrected chi connectivity index (χ3v) is 4.51. The summed E-state index contributed by atoms with van der Waals surface area (Å²) < 4.78 is 6.15. The van der Waals surface area contributed by atoms with Crippen LogP contribution in [0.3, 0.4) is 0 Å². The number of amides is 1. The van der Waals surface area contributed by atoms with E-state index >= 15 is 0 Å². The van der Waals surface area contributed by atoms with Crippen molar-refractivity contribution in [2.45, 2.75) is 0 Å². The van der Waals surface area contributed by atoms with Crippen LogP contribution in [-0.4, -0.2) is 10.8 Å². The van der Waals surface area contributed by atoms with E-state index in [0.29, 0.717) is 26.7 Å². The highest BCUT2D eigenvalue weighted by Crippen LogP contribution is 2.26. The van der Waals surface area contributed by atoms with Crippen molar-refractivity contribution in [3.63, 3.8) is 0 Å². The minimum absolute atomic E-state index is 0.157. The molecular weight excluding hydrogens is 436 g/mol. The number of ether oxygens (including phenoxy) is 1. The molecule has 0 fully saturated rings. The van der Waals surface area contributed by atoms with E-state index in [4.69, 9.17) is 16.3 Å². The van der Waals surface area contributed by atoms with Gasteiger partial charge in [0.2, 0.25) is 0 Å². The molecule has 0 heterocycles. The molecule has 3 aromatic rings. The molecule has 136 valence electrons. The van der Waals surface area contributed by atoms with Gasteiger partial charge >= 0.3 is 0 Å². The van der Waals surface area contributed by atoms with E-state index in [0.717, 1.165) is 0 Å². The number of nitrogens with zero attached hydrogens (tertiary/aromatic N) is 1. The zero-order chi connectivity index (χ0) is 19.4. The number of rotatable bonds is 5. The van der Waals surface area contributed by atoms with Gasteiger partial charge in [-0.15, -0.1) is 0 Å². The Kier molecular flexibility index (Phi) is 5.73. The molecule has 0 bridgehead atoms. The van der Waals surface area contributed by atoms with Gasteiger partial charge in [-0.3, -0.25) is 14.9 Å². The second-order valence-electron chi connectivity index (χ2n) is 5.46. The van der Waals surface area contributed by atoms with Gasteiger partial charge in [0.25, 0.3) is 11.6 Å². The van der Waals surface area contributed by atoms with Crippen molar-refractivity contribution < 1.29 is 14.5 Å². The summed E-state index contributed by atoms with van der Waals surface area (Å²) in [7, 11) is 0. The van der Waals surface area contributed by atoms with Crippen molar-refractivity contribution >= 4 is 44.8 Å². The maximum Gasteiger partial charge on any atom is 0.270 e. The molecule has 0 aliphatic carbocycles. The van der Waals surface area contributed by atoms with Gasteiger partial charge in [-0.05, 0) is 70.5 Å². The normalized spacial score (nSPS) is 10.3. The SMILES string of the molecule is O=C(Nc1ccc(Oc2ccc(Cl)cc2)cc1)c1cc([N+](=O)[O-])ccc1Br. The fourth-order valence-electron chi connectivity index (χ4n) is 2.24. The second-order valence-corrected chi connectivity index (χ2v) is 6.75. The molecule has 0 aliphatic heterocycles. The van der Waals surface area contributed by atoms with Crippen LogP contribution in [0.4, 0.5) is 11.4 Å². The number of hydrogen-bond acceptors (Lipinski definition) is 4. The van der Waals surface area contributed by atoms with Gasteiger partial charge in [0.05, 0.1) is 10.5 Å². The maximum absolute atomic E-state index is 12.4. The Morgan fingerprint density at radius 2 is 1.59 bits per heavy atom. The molecule has 1 amide bonds. The number of nitro groups is 1. The number of carbonyl (C=O) groups is 1. The highest BCUT2D eigenvalue weighted by molar-refractivity contribution is 9.10. The molecule has 27 heavy (non-hydrogen) atoms. The standard InChI is InChI=1S/C19H12BrClN2O4/c20-18-10-5-14(23(25)26)11-17(18)19(24)22-13-3-8-16(9-4-13)27-15-6-1-12(21)2-7-15/h1-11H,(H,22,24). The average Bonchev–Trinajstić information content (AvgIpc) is 2.65. The lowest BCUT2D eigenvalue weighted by molar-refractivity contribution is -0.384. The van der Waals surface area contributed by atoms with Gasteiger partial charge in [-0.1, -0.05) is 11.6 Å². The first-order valence-corrected chi connectivity index (χ1v) is 8.88. The molecule has 0 aromatic heterocycles. The molecule has 0 unspecified atom stereocenters. The first kappa shape index (κ1) is 18.9. The summed E-state index contributed by atoms with van der Waals surface area (Å²) in [6, 6.07) is 17.7. The largest absolute Gasteiger partial charge is 0.457 e. The zero-order valence-electron chi connectivity index (χ0n) is 13.7. The van der Waals surface area contributed by atoms with Crippen molar-refractivity contribution in [1.29, 1.82) is 0 Å². The van der Waals surface area contributed by atoms with Crippen molar-refractivity contribution in [3.05, 3.63) is 91.9 Å². The van der Waals surface area contributed by atoms with E-state index < -0.39 is 10.8 Å². The summed E-state index contributed by atoms with van der Waals surface area (Å²) in [4.78, 5) is 22.7. The fourth-order valence-corrected chi connectivity index (χ4v) is 2.80. The third-order valence-electron chi connectivity index (χ3n) is 3.57. The molecule has 1 N–H and O–H groups in total. The number of nitrogens with one attached hydrogen (secondary N) is 1. The summed E-state index contributed by atoms with van der Waals surface area (Å²) >= 11 is 9.07. The summed E-state index contributed by atoms with van der Waals surface area (Å²) in [5.74, 6) is 0.764. The van der Waals surface area contributed by atoms with Gasteiger partial charge in [-0.25, -0.2) is 0 Å². The topological polar surface area (TPSA) is 81.5 Å². The minimum Gasteiger partial charge on any atom is -0.457 e. The molecule has 0 saturated carbocycles. The van der Waals surface area contributed by atoms with E-state index in [1.54, 1.807) is 48.5 Å². The maximum atomic E-state index is 12.4. The molecule has 0 aliphatic rings. The van der Waals surface area contributed by atoms with E-state index in [9.17, 15) is 14.9 Å². The van der Waals surface area contributed by atoms with E-state index in [1.165, 1.54) is 18.2 Å². The molecule has 6 nitrogen and oxygen atoms in total. The Hall–Kier alpha value is -2.90. The van der Waals surface area contributed by atoms with Crippen LogP contribution < -0.4 is 10.1 Å². The Morgan fingerprint density at radius 3 is 2.19 bits per heavy atom. The van der Waals surface area contributed by atoms with Crippen LogP contribution in [0.15, 0.2) is 71.2 Å². The lowest BCUT2D eigenvalue weighted by Gasteiger charge is -2.09. The molecule has 8 heteroatoms. The number of anilines is 1. The summed E-state index contributed by atoms with van der Waals surface area (Å²) in [6.45, 7) is 0. The highest BCUT2D eigenvalue weighted by atomic mass is 79.9. The highest BCUT2D eigenvalue weighted by Gasteiger charge is 2.15. The van der Waals surface area contributed by atoms with Crippen LogP contribution >= 0.6 is 27.5 Å². The number of carbonyl (C=O) groups excluding carboxylic acids is 1. The van der Waals surface area contributed by atoms with Gasteiger partial charge in [0.15, 0.2) is 0 Å². The fraction of sp³-hybridized carbons (Fsp3) is 0. The van der Waals surface area contributed by atoms with Crippen LogP contribution in [0.25, 0.3) is 0 Å². The van der Waals surface area contributed by atoms with Gasteiger partial charge < -0.3 is 10.1 Å². The van der Waals surface area contributed by atoms with Crippen LogP contribution in [-0.2, 0) is 0 Å². The summed E-state index contributed by atoms with van der Waals surface area (Å²) in [5, 5.41) is 14.2. The van der Waals surface area contributed by atoms with Crippen molar-refractivity contribution in [1.82, 2.24) is 0 Å². The number of non-ortho nitro benzene ring substituents is 1. The lowest BCUT2D eigenvalue weighted by Crippen LogP contribution is -2.12. The molecule has 0 radical (unpaired) electrons. The van der Waals surface area contributed by atoms with E-state index in [1.807, 2.05) is 0 Å². The van der Waals surface area contributed by atoms with Crippen LogP contribution in [0, 0.1) is 10.1 Å². The van der Waals surface area contributed by atoms with E-state index in [2.05, 4.69) is 21.2 Å². The number of halogens is 2. The van der Waals surface area contributed by atoms with Crippen LogP contribution in [0.1, 0.15) is 10.4 Å². The summed E-state index contributed by atoms with van der Waals surface area (Å²) in [6.07, 6.45) is 0. The first-order valence-electron chi connectivity index (χ1n) is 7.71. The molecule has 0 spiro atoms. The Balaban J connectivity index is 1.71. The predicted molar refractivity (Wildman–Crippen MR) is 107 cm³/mol. The number of nitro benzene ring substituents is 1. The number of hydrogen-bond donors (Lipinski definition) is 1. The molecule has 0 atom stereocenters. The molecular formula is C19H12BrClN2O4. The van der Waals surface area contributed by atoms with Crippen molar-refractivity contribution in [3.8, 4) is 11.5 Å². The first-order chi connectivity index (χ1) is 12.9. The minimum atomic E-state index is -0.549. The average molecular weight is 448 g/mol. The van der Waals surface area contributed by atoms with Crippen molar-refractivity contribution in [2.75, 3.05) is 5.32 Å². The van der Waals surface area contributed by atoms with Gasteiger partial charge in [0.1, 0.15) is 11.5 Å². The molecule has 0 saturated heterocycles. The van der Waals surface area contributed by atoms with Gasteiger partial charge in [0, 0.05) is 27.3 Å².